The van der Waals surface area contributed by atoms with Crippen LogP contribution in [0.15, 0.2) is 35.2 Å². The molecule has 1 amide bonds. The molecule has 0 fully saturated rings. The molecular formula is C17H19NO4S2. The van der Waals surface area contributed by atoms with E-state index in [2.05, 4.69) is 0 Å². The van der Waals surface area contributed by atoms with Crippen LogP contribution in [-0.2, 0) is 21.1 Å². The van der Waals surface area contributed by atoms with E-state index in [1.165, 1.54) is 21.9 Å². The van der Waals surface area contributed by atoms with Gasteiger partial charge in [0, 0.05) is 22.4 Å². The Kier molecular flexibility index (Phi) is 4.64. The average Bonchev–Trinajstić information content (AvgIpc) is 2.96. The van der Waals surface area contributed by atoms with Crippen LogP contribution in [0.2, 0.25) is 0 Å². The first-order valence-corrected chi connectivity index (χ1v) is 10.4. The normalized spacial score (nSPS) is 14.2. The van der Waals surface area contributed by atoms with Gasteiger partial charge in [-0.3, -0.25) is 4.79 Å². The van der Waals surface area contributed by atoms with Gasteiger partial charge < -0.3 is 9.64 Å². The van der Waals surface area contributed by atoms with Gasteiger partial charge in [-0.1, -0.05) is 0 Å². The zero-order chi connectivity index (χ0) is 17.3. The van der Waals surface area contributed by atoms with Gasteiger partial charge in [-0.15, -0.1) is 11.3 Å². The molecule has 5 nitrogen and oxygen atoms in total. The number of ether oxygens (including phenoxy) is 1. The van der Waals surface area contributed by atoms with Crippen molar-refractivity contribution in [3.63, 3.8) is 0 Å². The Hall–Kier alpha value is -1.86. The van der Waals surface area contributed by atoms with Crippen molar-refractivity contribution in [2.75, 3.05) is 24.3 Å². The highest BCUT2D eigenvalue weighted by atomic mass is 32.2. The minimum absolute atomic E-state index is 0.0174. The van der Waals surface area contributed by atoms with Gasteiger partial charge in [0.25, 0.3) is 0 Å². The molecule has 0 spiro atoms. The summed E-state index contributed by atoms with van der Waals surface area (Å²) in [4.78, 5) is 16.9. The first-order valence-electron chi connectivity index (χ1n) is 7.67. The van der Waals surface area contributed by atoms with E-state index in [-0.39, 0.29) is 10.8 Å². The second-order valence-electron chi connectivity index (χ2n) is 5.81. The maximum Gasteiger partial charge on any atom is 0.227 e. The van der Waals surface area contributed by atoms with Crippen molar-refractivity contribution in [2.24, 2.45) is 0 Å². The molecule has 128 valence electrons. The summed E-state index contributed by atoms with van der Waals surface area (Å²) in [5, 5.41) is 0. The van der Waals surface area contributed by atoms with Crippen LogP contribution in [0.25, 0.3) is 0 Å². The quantitative estimate of drug-likeness (QED) is 0.836. The van der Waals surface area contributed by atoms with E-state index in [0.717, 1.165) is 6.26 Å². The molecule has 1 aliphatic heterocycles. The van der Waals surface area contributed by atoms with Gasteiger partial charge in [-0.25, -0.2) is 8.42 Å². The first-order chi connectivity index (χ1) is 11.3. The van der Waals surface area contributed by atoms with E-state index in [1.807, 2.05) is 19.1 Å². The monoisotopic (exact) mass is 365 g/mol. The second kappa shape index (κ2) is 6.57. The van der Waals surface area contributed by atoms with E-state index >= 15 is 0 Å². The molecule has 1 aliphatic rings. The molecule has 3 rings (SSSR count). The molecule has 0 saturated heterocycles. The molecule has 0 bridgehead atoms. The van der Waals surface area contributed by atoms with E-state index in [9.17, 15) is 13.2 Å². The van der Waals surface area contributed by atoms with Gasteiger partial charge >= 0.3 is 0 Å². The number of hydrogen-bond acceptors (Lipinski definition) is 5. The summed E-state index contributed by atoms with van der Waals surface area (Å²) >= 11 is 1.69. The van der Waals surface area contributed by atoms with Gasteiger partial charge in [0.1, 0.15) is 12.4 Å². The Morgan fingerprint density at radius 2 is 2.08 bits per heavy atom. The molecule has 1 aromatic heterocycles. The van der Waals surface area contributed by atoms with Crippen LogP contribution in [-0.4, -0.2) is 33.7 Å². The fourth-order valence-electron chi connectivity index (χ4n) is 2.67. The van der Waals surface area contributed by atoms with Crippen molar-refractivity contribution in [1.82, 2.24) is 0 Å². The summed E-state index contributed by atoms with van der Waals surface area (Å²) in [5.74, 6) is 0.533. The molecule has 0 unspecified atom stereocenters. The lowest BCUT2D eigenvalue weighted by atomic mass is 10.2. The minimum atomic E-state index is -3.33. The molecule has 0 saturated carbocycles. The van der Waals surface area contributed by atoms with Crippen molar-refractivity contribution >= 4 is 32.8 Å². The third kappa shape index (κ3) is 3.62. The highest BCUT2D eigenvalue weighted by Gasteiger charge is 2.25. The predicted octanol–water partition coefficient (Wildman–Crippen LogP) is 2.82. The summed E-state index contributed by atoms with van der Waals surface area (Å²) in [7, 11) is -3.33. The fourth-order valence-corrected chi connectivity index (χ4v) is 4.20. The van der Waals surface area contributed by atoms with Crippen LogP contribution in [0.5, 0.6) is 5.75 Å². The van der Waals surface area contributed by atoms with Crippen molar-refractivity contribution in [2.45, 2.75) is 24.7 Å². The van der Waals surface area contributed by atoms with Crippen molar-refractivity contribution in [1.29, 1.82) is 0 Å². The molecule has 2 aromatic rings. The van der Waals surface area contributed by atoms with Crippen LogP contribution < -0.4 is 9.64 Å². The van der Waals surface area contributed by atoms with E-state index < -0.39 is 9.84 Å². The fraction of sp³-hybridized carbons (Fsp3) is 0.353. The third-order valence-electron chi connectivity index (χ3n) is 3.90. The number of nitrogens with zero attached hydrogens (tertiary/aromatic N) is 1. The standard InChI is InChI=1S/C17H19NO4S2/c1-12-3-4-13(23-12)5-8-17(19)18-9-10-22-16-7-6-14(11-15(16)18)24(2,20)21/h3-4,6-7,11H,5,8-10H2,1-2H3. The number of fused-ring (bicyclic) bond motifs is 1. The van der Waals surface area contributed by atoms with E-state index in [1.54, 1.807) is 22.3 Å². The highest BCUT2D eigenvalue weighted by Crippen LogP contribution is 2.34. The highest BCUT2D eigenvalue weighted by molar-refractivity contribution is 7.90. The lowest BCUT2D eigenvalue weighted by Gasteiger charge is -2.30. The van der Waals surface area contributed by atoms with Crippen LogP contribution in [0.3, 0.4) is 0 Å². The Morgan fingerprint density at radius 3 is 2.75 bits per heavy atom. The Labute approximate surface area is 145 Å². The summed E-state index contributed by atoms with van der Waals surface area (Å²) in [6.07, 6.45) is 2.24. The molecule has 2 heterocycles. The number of aryl methyl sites for hydroxylation is 2. The number of benzene rings is 1. The Morgan fingerprint density at radius 1 is 1.29 bits per heavy atom. The van der Waals surface area contributed by atoms with Gasteiger partial charge in [-0.2, -0.15) is 0 Å². The molecule has 24 heavy (non-hydrogen) atoms. The number of carbonyl (C=O) groups is 1. The number of anilines is 1. The van der Waals surface area contributed by atoms with Crippen LogP contribution in [0.1, 0.15) is 16.2 Å². The van der Waals surface area contributed by atoms with E-state index in [0.29, 0.717) is 37.4 Å². The average molecular weight is 365 g/mol. The molecule has 1 aromatic carbocycles. The van der Waals surface area contributed by atoms with Crippen molar-refractivity contribution in [3.8, 4) is 5.75 Å². The topological polar surface area (TPSA) is 63.7 Å². The van der Waals surface area contributed by atoms with Crippen LogP contribution in [0, 0.1) is 6.92 Å². The predicted molar refractivity (Wildman–Crippen MR) is 94.8 cm³/mol. The molecular weight excluding hydrogens is 346 g/mol. The molecule has 0 radical (unpaired) electrons. The second-order valence-corrected chi connectivity index (χ2v) is 9.20. The van der Waals surface area contributed by atoms with Gasteiger partial charge in [0.15, 0.2) is 9.84 Å². The van der Waals surface area contributed by atoms with Crippen molar-refractivity contribution < 1.29 is 17.9 Å². The SMILES string of the molecule is Cc1ccc(CCC(=O)N2CCOc3ccc(S(C)(=O)=O)cc32)s1. The Balaban J connectivity index is 1.81. The van der Waals surface area contributed by atoms with Gasteiger partial charge in [0.05, 0.1) is 17.1 Å². The summed E-state index contributed by atoms with van der Waals surface area (Å²) < 4.78 is 29.1. The zero-order valence-corrected chi connectivity index (χ0v) is 15.2. The third-order valence-corrected chi connectivity index (χ3v) is 6.07. The number of hydrogen-bond donors (Lipinski definition) is 0. The molecule has 0 N–H and O–H groups in total. The number of rotatable bonds is 4. The minimum Gasteiger partial charge on any atom is -0.490 e. The molecule has 0 atom stereocenters. The largest absolute Gasteiger partial charge is 0.490 e. The Bertz CT molecular complexity index is 870. The first kappa shape index (κ1) is 17.0. The van der Waals surface area contributed by atoms with Gasteiger partial charge in [0.2, 0.25) is 5.91 Å². The number of thiophene rings is 1. The summed E-state index contributed by atoms with van der Waals surface area (Å²) in [6.45, 7) is 2.89. The van der Waals surface area contributed by atoms with E-state index in [4.69, 9.17) is 4.74 Å². The zero-order valence-electron chi connectivity index (χ0n) is 13.6. The number of amides is 1. The summed E-state index contributed by atoms with van der Waals surface area (Å²) in [5.41, 5.74) is 0.538. The maximum absolute atomic E-state index is 12.6. The lowest BCUT2D eigenvalue weighted by molar-refractivity contribution is -0.118. The number of carbonyl (C=O) groups excluding carboxylic acids is 1. The van der Waals surface area contributed by atoms with Gasteiger partial charge in [-0.05, 0) is 43.7 Å². The molecule has 7 heteroatoms. The van der Waals surface area contributed by atoms with Crippen LogP contribution in [0.4, 0.5) is 5.69 Å². The number of sulfone groups is 1. The van der Waals surface area contributed by atoms with Crippen molar-refractivity contribution in [3.05, 3.63) is 40.1 Å². The maximum atomic E-state index is 12.6. The summed E-state index contributed by atoms with van der Waals surface area (Å²) in [6, 6.07) is 8.75. The van der Waals surface area contributed by atoms with Crippen LogP contribution >= 0.6 is 11.3 Å². The molecule has 0 aliphatic carbocycles. The smallest absolute Gasteiger partial charge is 0.227 e. The lowest BCUT2D eigenvalue weighted by Crippen LogP contribution is -2.38.